The maximum atomic E-state index is 14.0. The number of nitrogens with one attached hydrogen (secondary N) is 1. The quantitative estimate of drug-likeness (QED) is 0.136. The maximum absolute atomic E-state index is 14.0. The molecule has 4 aromatic rings. The number of rotatable bonds is 12. The molecule has 47 heavy (non-hydrogen) atoms. The Kier molecular flexibility index (Phi) is 10.3. The number of aromatic nitrogens is 2. The number of hydrogen-bond donors (Lipinski definition) is 1. The van der Waals surface area contributed by atoms with Crippen molar-refractivity contribution in [3.05, 3.63) is 88.2 Å². The van der Waals surface area contributed by atoms with Crippen molar-refractivity contribution in [3.63, 3.8) is 0 Å². The molecular formula is C35H39N5O6S. The number of piperazine rings is 1. The lowest BCUT2D eigenvalue weighted by atomic mass is 10.1. The maximum Gasteiger partial charge on any atom is 0.262 e. The topological polar surface area (TPSA) is 115 Å². The van der Waals surface area contributed by atoms with Crippen LogP contribution in [0, 0.1) is 0 Å². The van der Waals surface area contributed by atoms with E-state index in [9.17, 15) is 14.4 Å². The van der Waals surface area contributed by atoms with Gasteiger partial charge in [-0.15, -0.1) is 0 Å². The zero-order chi connectivity index (χ0) is 32.8. The zero-order valence-electron chi connectivity index (χ0n) is 26.6. The average Bonchev–Trinajstić information content (AvgIpc) is 3.58. The number of methoxy groups -OCH3 is 1. The molecule has 1 fully saturated rings. The Hall–Kier alpha value is -4.55. The first-order valence-corrected chi connectivity index (χ1v) is 16.8. The van der Waals surface area contributed by atoms with Crippen molar-refractivity contribution in [1.29, 1.82) is 0 Å². The minimum Gasteiger partial charge on any atom is -0.454 e. The van der Waals surface area contributed by atoms with Gasteiger partial charge in [-0.05, 0) is 48.7 Å². The van der Waals surface area contributed by atoms with Gasteiger partial charge in [0.05, 0.1) is 22.7 Å². The van der Waals surface area contributed by atoms with Crippen LogP contribution in [0.25, 0.3) is 10.9 Å². The number of carbonyl (C=O) groups is 2. The molecule has 1 saturated heterocycles. The summed E-state index contributed by atoms with van der Waals surface area (Å²) in [4.78, 5) is 49.4. The molecule has 246 valence electrons. The number of thioether (sulfide) groups is 1. The van der Waals surface area contributed by atoms with E-state index in [1.54, 1.807) is 23.8 Å². The van der Waals surface area contributed by atoms with Gasteiger partial charge in [0.25, 0.3) is 11.5 Å². The fourth-order valence-corrected chi connectivity index (χ4v) is 6.77. The van der Waals surface area contributed by atoms with Crippen LogP contribution in [0.4, 0.5) is 5.69 Å². The highest BCUT2D eigenvalue weighted by atomic mass is 32.2. The average molecular weight is 658 g/mol. The molecule has 0 spiro atoms. The van der Waals surface area contributed by atoms with Crippen molar-refractivity contribution in [2.75, 3.05) is 58.1 Å². The summed E-state index contributed by atoms with van der Waals surface area (Å²) in [5.74, 6) is 0.900. The summed E-state index contributed by atoms with van der Waals surface area (Å²) in [5, 5.41) is 3.34. The number of hydrogen-bond acceptors (Lipinski definition) is 9. The van der Waals surface area contributed by atoms with Crippen molar-refractivity contribution < 1.29 is 23.8 Å². The fraction of sp³-hybridized carbons (Fsp3) is 0.371. The molecule has 2 aliphatic rings. The summed E-state index contributed by atoms with van der Waals surface area (Å²) in [7, 11) is 1.63. The minimum absolute atomic E-state index is 0.0107. The second-order valence-electron chi connectivity index (χ2n) is 11.5. The molecular weight excluding hydrogens is 618 g/mol. The number of benzene rings is 3. The van der Waals surface area contributed by atoms with E-state index in [2.05, 4.69) is 22.3 Å². The van der Waals surface area contributed by atoms with Crippen LogP contribution in [0.1, 0.15) is 35.7 Å². The van der Waals surface area contributed by atoms with Crippen LogP contribution in [0.5, 0.6) is 11.5 Å². The van der Waals surface area contributed by atoms with E-state index in [-0.39, 0.29) is 30.7 Å². The van der Waals surface area contributed by atoms with Gasteiger partial charge in [0.15, 0.2) is 16.7 Å². The van der Waals surface area contributed by atoms with E-state index in [4.69, 9.17) is 19.2 Å². The Morgan fingerprint density at radius 2 is 1.72 bits per heavy atom. The highest BCUT2D eigenvalue weighted by Gasteiger charge is 2.25. The van der Waals surface area contributed by atoms with E-state index < -0.39 is 5.25 Å². The number of carbonyl (C=O) groups excluding carboxylic acids is 2. The molecule has 1 N–H and O–H groups in total. The van der Waals surface area contributed by atoms with E-state index in [0.717, 1.165) is 24.3 Å². The normalized spacial score (nSPS) is 14.8. The molecule has 0 aliphatic carbocycles. The predicted octanol–water partition coefficient (Wildman–Crippen LogP) is 4.16. The van der Waals surface area contributed by atoms with Gasteiger partial charge in [-0.25, -0.2) is 4.98 Å². The van der Waals surface area contributed by atoms with E-state index in [1.807, 2.05) is 54.3 Å². The molecule has 11 nitrogen and oxygen atoms in total. The molecule has 3 aromatic carbocycles. The lowest BCUT2D eigenvalue weighted by molar-refractivity contribution is -0.120. The SMILES string of the molecule is CC[C@H](Sc1nc2cc3c(cc2c(=O)n1Cc1ccc(C(=O)N2CCN(c4ccccc4)CC2)cc1)OCO3)C(=O)NCCCOC. The largest absolute Gasteiger partial charge is 0.454 e. The highest BCUT2D eigenvalue weighted by molar-refractivity contribution is 8.00. The monoisotopic (exact) mass is 657 g/mol. The number of ether oxygens (including phenoxy) is 3. The Morgan fingerprint density at radius 3 is 2.43 bits per heavy atom. The molecule has 0 unspecified atom stereocenters. The Bertz CT molecular complexity index is 1770. The smallest absolute Gasteiger partial charge is 0.262 e. The van der Waals surface area contributed by atoms with Crippen LogP contribution in [-0.4, -0.2) is 84.7 Å². The van der Waals surface area contributed by atoms with E-state index in [1.165, 1.54) is 11.8 Å². The van der Waals surface area contributed by atoms with Gasteiger partial charge in [-0.1, -0.05) is 49.0 Å². The number of nitrogens with zero attached hydrogens (tertiary/aromatic N) is 4. The highest BCUT2D eigenvalue weighted by Crippen LogP contribution is 2.35. The van der Waals surface area contributed by atoms with Gasteiger partial charge in [0.2, 0.25) is 12.7 Å². The Morgan fingerprint density at radius 1 is 1.00 bits per heavy atom. The van der Waals surface area contributed by atoms with Crippen LogP contribution >= 0.6 is 11.8 Å². The van der Waals surface area contributed by atoms with Crippen molar-refractivity contribution in [2.24, 2.45) is 0 Å². The molecule has 0 saturated carbocycles. The third-order valence-corrected chi connectivity index (χ3v) is 9.73. The molecule has 0 radical (unpaired) electrons. The van der Waals surface area contributed by atoms with Crippen molar-refractivity contribution in [3.8, 4) is 11.5 Å². The Labute approximate surface area is 277 Å². The molecule has 6 rings (SSSR count). The van der Waals surface area contributed by atoms with E-state index in [0.29, 0.717) is 72.2 Å². The van der Waals surface area contributed by atoms with E-state index >= 15 is 0 Å². The molecule has 2 aliphatic heterocycles. The first kappa shape index (κ1) is 32.4. The van der Waals surface area contributed by atoms with Gasteiger partial charge in [0, 0.05) is 63.8 Å². The molecule has 1 aromatic heterocycles. The summed E-state index contributed by atoms with van der Waals surface area (Å²) >= 11 is 1.27. The number of amides is 2. The van der Waals surface area contributed by atoms with Gasteiger partial charge < -0.3 is 29.3 Å². The molecule has 3 heterocycles. The van der Waals surface area contributed by atoms with Gasteiger partial charge >= 0.3 is 0 Å². The first-order valence-electron chi connectivity index (χ1n) is 15.9. The summed E-state index contributed by atoms with van der Waals surface area (Å²) < 4.78 is 17.7. The summed E-state index contributed by atoms with van der Waals surface area (Å²) in [6.07, 6.45) is 1.25. The lowest BCUT2D eigenvalue weighted by Gasteiger charge is -2.36. The first-order chi connectivity index (χ1) is 22.9. The predicted molar refractivity (Wildman–Crippen MR) is 182 cm³/mol. The fourth-order valence-electron chi connectivity index (χ4n) is 5.74. The molecule has 0 bridgehead atoms. The number of anilines is 1. The Balaban J connectivity index is 1.21. The second kappa shape index (κ2) is 14.9. The second-order valence-corrected chi connectivity index (χ2v) is 12.6. The van der Waals surface area contributed by atoms with Gasteiger partial charge in [0.1, 0.15) is 0 Å². The van der Waals surface area contributed by atoms with Crippen molar-refractivity contribution in [2.45, 2.75) is 36.7 Å². The number of fused-ring (bicyclic) bond motifs is 2. The third-order valence-electron chi connectivity index (χ3n) is 8.38. The molecule has 12 heteroatoms. The van der Waals surface area contributed by atoms with Crippen LogP contribution in [0.3, 0.4) is 0 Å². The standard InChI is InChI=1S/C35H39N5O6S/c1-3-31(32(41)36-14-7-19-44-2)47-35-37-28-21-30-29(45-23-46-30)20-27(28)34(43)40(35)22-24-10-12-25(13-11-24)33(42)39-17-15-38(16-18-39)26-8-5-4-6-9-26/h4-6,8-13,20-21,31H,3,7,14-19,22-23H2,1-2H3,(H,36,41)/t31-/m0/s1. The third kappa shape index (κ3) is 7.39. The van der Waals surface area contributed by atoms with Crippen LogP contribution < -0.4 is 25.2 Å². The van der Waals surface area contributed by atoms with Crippen molar-refractivity contribution >= 4 is 40.2 Å². The van der Waals surface area contributed by atoms with Gasteiger partial charge in [-0.2, -0.15) is 0 Å². The van der Waals surface area contributed by atoms with Crippen molar-refractivity contribution in [1.82, 2.24) is 19.8 Å². The molecule has 2 amide bonds. The summed E-state index contributed by atoms with van der Waals surface area (Å²) in [6, 6.07) is 21.0. The van der Waals surface area contributed by atoms with Crippen LogP contribution in [-0.2, 0) is 16.1 Å². The number of para-hydroxylation sites is 1. The van der Waals surface area contributed by atoms with Crippen LogP contribution in [0.2, 0.25) is 0 Å². The minimum atomic E-state index is -0.454. The molecule has 1 atom stereocenters. The zero-order valence-corrected chi connectivity index (χ0v) is 27.5. The van der Waals surface area contributed by atoms with Gasteiger partial charge in [-0.3, -0.25) is 19.0 Å². The summed E-state index contributed by atoms with van der Waals surface area (Å²) in [5.41, 5.74) is 2.82. The summed E-state index contributed by atoms with van der Waals surface area (Å²) in [6.45, 7) is 6.12. The van der Waals surface area contributed by atoms with Crippen LogP contribution in [0.15, 0.2) is 76.7 Å². The lowest BCUT2D eigenvalue weighted by Crippen LogP contribution is -2.48.